The summed E-state index contributed by atoms with van der Waals surface area (Å²) in [5, 5.41) is 0. The van der Waals surface area contributed by atoms with Crippen LogP contribution in [-0.4, -0.2) is 13.2 Å². The maximum Gasteiger partial charge on any atom is 0.122 e. The van der Waals surface area contributed by atoms with Crippen LogP contribution in [0, 0.1) is 0 Å². The molecule has 2 nitrogen and oxygen atoms in total. The first kappa shape index (κ1) is 14.7. The Bertz CT molecular complexity index is 632. The second kappa shape index (κ2) is 6.71. The third-order valence-electron chi connectivity index (χ3n) is 3.57. The molecule has 21 heavy (non-hydrogen) atoms. The van der Waals surface area contributed by atoms with Gasteiger partial charge in [0.15, 0.2) is 0 Å². The zero-order chi connectivity index (χ0) is 14.7. The highest BCUT2D eigenvalue weighted by Gasteiger charge is 2.11. The highest BCUT2D eigenvalue weighted by molar-refractivity contribution is 9.10. The van der Waals surface area contributed by atoms with Crippen molar-refractivity contribution in [2.45, 2.75) is 18.7 Å². The summed E-state index contributed by atoms with van der Waals surface area (Å²) in [5.74, 6) is 2.36. The fraction of sp³-hybridized carbons (Fsp3) is 0.294. The van der Waals surface area contributed by atoms with Gasteiger partial charge in [-0.1, -0.05) is 28.1 Å². The fourth-order valence-corrected chi connectivity index (χ4v) is 3.19. The van der Waals surface area contributed by atoms with Crippen LogP contribution in [0.2, 0.25) is 0 Å². The van der Waals surface area contributed by atoms with E-state index in [1.807, 2.05) is 18.2 Å². The first-order valence-electron chi connectivity index (χ1n) is 6.98. The lowest BCUT2D eigenvalue weighted by Crippen LogP contribution is -2.02. The zero-order valence-electron chi connectivity index (χ0n) is 11.6. The van der Waals surface area contributed by atoms with Gasteiger partial charge in [-0.3, -0.25) is 0 Å². The Labute approximate surface area is 138 Å². The Balaban J connectivity index is 1.58. The van der Waals surface area contributed by atoms with Crippen LogP contribution in [0.5, 0.6) is 11.5 Å². The van der Waals surface area contributed by atoms with E-state index >= 15 is 0 Å². The van der Waals surface area contributed by atoms with Crippen molar-refractivity contribution in [3.05, 3.63) is 57.6 Å². The van der Waals surface area contributed by atoms with Crippen LogP contribution in [0.3, 0.4) is 0 Å². The zero-order valence-corrected chi connectivity index (χ0v) is 13.9. The molecular weight excluding hydrogens is 352 g/mol. The molecule has 2 aromatic carbocycles. The Morgan fingerprint density at radius 3 is 2.95 bits per heavy atom. The first-order valence-corrected chi connectivity index (χ1v) is 8.31. The second-order valence-electron chi connectivity index (χ2n) is 5.03. The minimum Gasteiger partial charge on any atom is -0.493 e. The normalized spacial score (nSPS) is 12.9. The molecule has 4 heteroatoms. The molecule has 0 aliphatic carbocycles. The van der Waals surface area contributed by atoms with E-state index in [0.29, 0.717) is 12.5 Å². The van der Waals surface area contributed by atoms with Gasteiger partial charge in [0.1, 0.15) is 11.5 Å². The standard InChI is InChI=1S/C17H16BrClO2/c18-16-3-2-15(10-14(16)11-19)20-7-5-12-1-4-17-13(9-12)6-8-21-17/h1-4,9-10H,5-8,11H2. The van der Waals surface area contributed by atoms with Crippen molar-refractivity contribution >= 4 is 27.5 Å². The summed E-state index contributed by atoms with van der Waals surface area (Å²) in [6.45, 7) is 1.46. The Morgan fingerprint density at radius 2 is 2.10 bits per heavy atom. The molecule has 1 aliphatic rings. The van der Waals surface area contributed by atoms with Gasteiger partial charge in [-0.2, -0.15) is 0 Å². The van der Waals surface area contributed by atoms with Crippen LogP contribution in [0.1, 0.15) is 16.7 Å². The van der Waals surface area contributed by atoms with Crippen molar-refractivity contribution in [3.8, 4) is 11.5 Å². The molecule has 0 N–H and O–H groups in total. The maximum atomic E-state index is 5.89. The molecule has 0 bridgehead atoms. The van der Waals surface area contributed by atoms with Gasteiger partial charge in [-0.25, -0.2) is 0 Å². The number of hydrogen-bond donors (Lipinski definition) is 0. The third kappa shape index (κ3) is 3.53. The summed E-state index contributed by atoms with van der Waals surface area (Å²) in [6.07, 6.45) is 1.90. The van der Waals surface area contributed by atoms with Crippen molar-refractivity contribution in [3.63, 3.8) is 0 Å². The Morgan fingerprint density at radius 1 is 1.19 bits per heavy atom. The molecule has 0 saturated carbocycles. The summed E-state index contributed by atoms with van der Waals surface area (Å²) in [7, 11) is 0. The van der Waals surface area contributed by atoms with Crippen molar-refractivity contribution < 1.29 is 9.47 Å². The second-order valence-corrected chi connectivity index (χ2v) is 6.15. The number of hydrogen-bond acceptors (Lipinski definition) is 2. The molecule has 110 valence electrons. The van der Waals surface area contributed by atoms with Gasteiger partial charge in [0.25, 0.3) is 0 Å². The number of halogens is 2. The molecule has 0 fully saturated rings. The summed E-state index contributed by atoms with van der Waals surface area (Å²) in [5.41, 5.74) is 3.64. The van der Waals surface area contributed by atoms with Gasteiger partial charge in [-0.15, -0.1) is 11.6 Å². The van der Waals surface area contributed by atoms with Crippen LogP contribution >= 0.6 is 27.5 Å². The quantitative estimate of drug-likeness (QED) is 0.710. The largest absolute Gasteiger partial charge is 0.493 e. The topological polar surface area (TPSA) is 18.5 Å². The van der Waals surface area contributed by atoms with E-state index in [1.54, 1.807) is 0 Å². The summed E-state index contributed by atoms with van der Waals surface area (Å²) in [4.78, 5) is 0. The van der Waals surface area contributed by atoms with Gasteiger partial charge < -0.3 is 9.47 Å². The smallest absolute Gasteiger partial charge is 0.122 e. The van der Waals surface area contributed by atoms with E-state index in [1.165, 1.54) is 11.1 Å². The van der Waals surface area contributed by atoms with E-state index in [0.717, 1.165) is 41.0 Å². The van der Waals surface area contributed by atoms with E-state index in [-0.39, 0.29) is 0 Å². The number of benzene rings is 2. The van der Waals surface area contributed by atoms with Crippen LogP contribution in [0.15, 0.2) is 40.9 Å². The minimum atomic E-state index is 0.475. The summed E-state index contributed by atoms with van der Waals surface area (Å²) in [6, 6.07) is 12.3. The minimum absolute atomic E-state index is 0.475. The molecule has 0 saturated heterocycles. The van der Waals surface area contributed by atoms with E-state index in [4.69, 9.17) is 21.1 Å². The van der Waals surface area contributed by atoms with Gasteiger partial charge in [0.05, 0.1) is 13.2 Å². The molecule has 0 radical (unpaired) electrons. The molecule has 1 aliphatic heterocycles. The maximum absolute atomic E-state index is 5.89. The molecule has 0 unspecified atom stereocenters. The highest BCUT2D eigenvalue weighted by atomic mass is 79.9. The van der Waals surface area contributed by atoms with Crippen molar-refractivity contribution in [2.75, 3.05) is 13.2 Å². The predicted octanol–water partition coefficient (Wildman–Crippen LogP) is 4.74. The molecule has 3 rings (SSSR count). The highest BCUT2D eigenvalue weighted by Crippen LogP contribution is 2.27. The lowest BCUT2D eigenvalue weighted by molar-refractivity contribution is 0.321. The molecule has 0 aromatic heterocycles. The number of ether oxygens (including phenoxy) is 2. The fourth-order valence-electron chi connectivity index (χ4n) is 2.43. The van der Waals surface area contributed by atoms with Crippen LogP contribution in [0.4, 0.5) is 0 Å². The predicted molar refractivity (Wildman–Crippen MR) is 88.5 cm³/mol. The van der Waals surface area contributed by atoms with E-state index < -0.39 is 0 Å². The van der Waals surface area contributed by atoms with Gasteiger partial charge in [0, 0.05) is 23.2 Å². The van der Waals surface area contributed by atoms with Gasteiger partial charge in [0.2, 0.25) is 0 Å². The molecule has 2 aromatic rings. The average Bonchev–Trinajstić information content (AvgIpc) is 2.96. The monoisotopic (exact) mass is 366 g/mol. The van der Waals surface area contributed by atoms with E-state index in [2.05, 4.69) is 34.1 Å². The van der Waals surface area contributed by atoms with Crippen LogP contribution in [-0.2, 0) is 18.7 Å². The SMILES string of the molecule is ClCc1cc(OCCc2ccc3c(c2)CCO3)ccc1Br. The Hall–Kier alpha value is -1.19. The van der Waals surface area contributed by atoms with E-state index in [9.17, 15) is 0 Å². The van der Waals surface area contributed by atoms with Gasteiger partial charge >= 0.3 is 0 Å². The number of fused-ring (bicyclic) bond motifs is 1. The lowest BCUT2D eigenvalue weighted by atomic mass is 10.1. The molecular formula is C17H16BrClO2. The summed E-state index contributed by atoms with van der Waals surface area (Å²) < 4.78 is 12.3. The van der Waals surface area contributed by atoms with Crippen molar-refractivity contribution in [1.82, 2.24) is 0 Å². The third-order valence-corrected chi connectivity index (χ3v) is 4.64. The first-order chi connectivity index (χ1) is 10.3. The van der Waals surface area contributed by atoms with Crippen LogP contribution < -0.4 is 9.47 Å². The molecule has 0 spiro atoms. The molecule has 1 heterocycles. The summed E-state index contributed by atoms with van der Waals surface area (Å²) >= 11 is 9.36. The van der Waals surface area contributed by atoms with Crippen LogP contribution in [0.25, 0.3) is 0 Å². The van der Waals surface area contributed by atoms with Gasteiger partial charge in [-0.05, 0) is 41.0 Å². The molecule has 0 amide bonds. The van der Waals surface area contributed by atoms with Crippen molar-refractivity contribution in [1.29, 1.82) is 0 Å². The lowest BCUT2D eigenvalue weighted by Gasteiger charge is -2.09. The molecule has 0 atom stereocenters. The number of rotatable bonds is 5. The van der Waals surface area contributed by atoms with Crippen molar-refractivity contribution in [2.24, 2.45) is 0 Å². The average molecular weight is 368 g/mol. The Kier molecular flexibility index (Phi) is 4.71. The number of alkyl halides is 1.